The third-order valence-corrected chi connectivity index (χ3v) is 8.83. The summed E-state index contributed by atoms with van der Waals surface area (Å²) in [4.78, 5) is 18.2. The molecule has 3 heterocycles. The normalized spacial score (nSPS) is 17.3. The monoisotopic (exact) mass is 525 g/mol. The van der Waals surface area contributed by atoms with E-state index in [4.69, 9.17) is 10.1 Å². The number of sulfone groups is 1. The van der Waals surface area contributed by atoms with E-state index >= 15 is 0 Å². The Kier molecular flexibility index (Phi) is 5.89. The number of rotatable bonds is 5. The van der Waals surface area contributed by atoms with Crippen molar-refractivity contribution in [1.29, 1.82) is 0 Å². The number of aryl methyl sites for hydroxylation is 1. The van der Waals surface area contributed by atoms with E-state index in [0.717, 1.165) is 5.56 Å². The molecule has 1 aliphatic rings. The maximum atomic E-state index is 13.5. The highest BCUT2D eigenvalue weighted by molar-refractivity contribution is 7.91. The topological polar surface area (TPSA) is 154 Å². The molecule has 36 heavy (non-hydrogen) atoms. The molecule has 1 atom stereocenters. The number of nitrogens with zero attached hydrogens (tertiary/aromatic N) is 3. The van der Waals surface area contributed by atoms with Crippen molar-refractivity contribution in [2.75, 3.05) is 16.8 Å². The first-order valence-corrected chi connectivity index (χ1v) is 14.5. The second-order valence-corrected chi connectivity index (χ2v) is 12.5. The van der Waals surface area contributed by atoms with E-state index in [9.17, 15) is 21.6 Å². The van der Waals surface area contributed by atoms with Gasteiger partial charge in [0.25, 0.3) is 5.91 Å². The van der Waals surface area contributed by atoms with Gasteiger partial charge in [0, 0.05) is 11.3 Å². The largest absolute Gasteiger partial charge is 0.322 e. The number of anilines is 1. The molecule has 1 saturated heterocycles. The molecule has 3 N–H and O–H groups in total. The van der Waals surface area contributed by atoms with E-state index in [2.05, 4.69) is 10.4 Å². The molecule has 0 spiro atoms. The number of primary sulfonamides is 1. The van der Waals surface area contributed by atoms with E-state index in [0.29, 0.717) is 40.1 Å². The van der Waals surface area contributed by atoms with Gasteiger partial charge < -0.3 is 5.32 Å². The Labute approximate surface area is 208 Å². The second kappa shape index (κ2) is 8.80. The van der Waals surface area contributed by atoms with E-state index in [-0.39, 0.29) is 22.4 Å². The number of fused-ring (bicyclic) bond motifs is 1. The van der Waals surface area contributed by atoms with Crippen LogP contribution in [0.1, 0.15) is 28.5 Å². The third-order valence-electron chi connectivity index (χ3n) is 6.15. The highest BCUT2D eigenvalue weighted by Crippen LogP contribution is 2.32. The number of benzene rings is 2. The summed E-state index contributed by atoms with van der Waals surface area (Å²) in [6.07, 6.45) is 0.424. The van der Waals surface area contributed by atoms with Gasteiger partial charge in [-0.25, -0.2) is 31.6 Å². The molecule has 1 fully saturated rings. The number of nitrogens with two attached hydrogens (primary N) is 1. The minimum Gasteiger partial charge on any atom is -0.322 e. The zero-order valence-corrected chi connectivity index (χ0v) is 20.9. The number of hydrogen-bond donors (Lipinski definition) is 2. The van der Waals surface area contributed by atoms with Gasteiger partial charge in [-0.05, 0) is 43.7 Å². The summed E-state index contributed by atoms with van der Waals surface area (Å²) in [5.74, 6) is -0.388. The van der Waals surface area contributed by atoms with Crippen molar-refractivity contribution in [3.8, 4) is 11.3 Å². The number of hydrogen-bond acceptors (Lipinski definition) is 7. The molecule has 0 radical (unpaired) electrons. The van der Waals surface area contributed by atoms with Gasteiger partial charge in [0.1, 0.15) is 0 Å². The lowest BCUT2D eigenvalue weighted by Gasteiger charge is -2.12. The van der Waals surface area contributed by atoms with E-state index < -0.39 is 25.8 Å². The number of pyridine rings is 1. The van der Waals surface area contributed by atoms with Crippen molar-refractivity contribution in [2.24, 2.45) is 5.14 Å². The summed E-state index contributed by atoms with van der Waals surface area (Å²) in [6, 6.07) is 16.2. The average Bonchev–Trinajstić information content (AvgIpc) is 3.37. The quantitative estimate of drug-likeness (QED) is 0.406. The molecular formula is C24H23N5O5S2. The molecule has 10 nitrogen and oxygen atoms in total. The second-order valence-electron chi connectivity index (χ2n) is 8.73. The maximum absolute atomic E-state index is 13.5. The number of carbonyl (C=O) groups excluding carboxylic acids is 1. The zero-order valence-electron chi connectivity index (χ0n) is 19.2. The Bertz CT molecular complexity index is 1700. The first kappa shape index (κ1) is 24.1. The molecule has 0 saturated carbocycles. The van der Waals surface area contributed by atoms with Crippen molar-refractivity contribution < 1.29 is 21.6 Å². The number of carbonyl (C=O) groups is 1. The lowest BCUT2D eigenvalue weighted by Crippen LogP contribution is -2.15. The van der Waals surface area contributed by atoms with Crippen LogP contribution in [-0.2, 0) is 19.9 Å². The highest BCUT2D eigenvalue weighted by Gasteiger charge is 2.32. The SMILES string of the molecule is Cc1nn(C2CCS(=O)(=O)C2)c2nc(-c3ccccc3)cc(C(=O)Nc3ccc(S(N)(=O)=O)cc3)c12. The van der Waals surface area contributed by atoms with Gasteiger partial charge in [-0.2, -0.15) is 5.10 Å². The lowest BCUT2D eigenvalue weighted by molar-refractivity contribution is 0.102. The molecular weight excluding hydrogens is 502 g/mol. The summed E-state index contributed by atoms with van der Waals surface area (Å²) in [6.45, 7) is 1.75. The van der Waals surface area contributed by atoms with Crippen LogP contribution in [0.2, 0.25) is 0 Å². The average molecular weight is 526 g/mol. The highest BCUT2D eigenvalue weighted by atomic mass is 32.2. The van der Waals surface area contributed by atoms with Crippen molar-refractivity contribution in [1.82, 2.24) is 14.8 Å². The first-order chi connectivity index (χ1) is 17.0. The summed E-state index contributed by atoms with van der Waals surface area (Å²) >= 11 is 0. The smallest absolute Gasteiger partial charge is 0.256 e. The Morgan fingerprint density at radius 2 is 1.81 bits per heavy atom. The van der Waals surface area contributed by atoms with Crippen LogP contribution in [0.4, 0.5) is 5.69 Å². The summed E-state index contributed by atoms with van der Waals surface area (Å²) in [5.41, 5.74) is 3.02. The standard InChI is InChI=1S/C24H23N5O5S2/c1-15-22-20(24(30)26-17-7-9-19(10-8-17)36(25,33)34)13-21(16-5-3-2-4-6-16)27-23(22)29(28-15)18-11-12-35(31,32)14-18/h2-10,13,18H,11-12,14H2,1H3,(H,26,30)(H2,25,33,34). The van der Waals surface area contributed by atoms with Crippen LogP contribution in [0.25, 0.3) is 22.3 Å². The van der Waals surface area contributed by atoms with Gasteiger partial charge in [-0.3, -0.25) is 4.79 Å². The van der Waals surface area contributed by atoms with Crippen LogP contribution in [0.15, 0.2) is 65.6 Å². The predicted molar refractivity (Wildman–Crippen MR) is 136 cm³/mol. The fourth-order valence-electron chi connectivity index (χ4n) is 4.40. The Morgan fingerprint density at radius 3 is 2.42 bits per heavy atom. The molecule has 1 unspecified atom stereocenters. The number of amides is 1. The maximum Gasteiger partial charge on any atom is 0.256 e. The Hall–Kier alpha value is -3.61. The van der Waals surface area contributed by atoms with Crippen LogP contribution in [0.5, 0.6) is 0 Å². The molecule has 2 aromatic carbocycles. The van der Waals surface area contributed by atoms with Gasteiger partial charge >= 0.3 is 0 Å². The van der Waals surface area contributed by atoms with E-state index in [1.165, 1.54) is 24.3 Å². The summed E-state index contributed by atoms with van der Waals surface area (Å²) in [5, 5.41) is 13.1. The van der Waals surface area contributed by atoms with Crippen molar-refractivity contribution >= 4 is 42.5 Å². The van der Waals surface area contributed by atoms with Gasteiger partial charge in [-0.1, -0.05) is 30.3 Å². The molecule has 1 amide bonds. The summed E-state index contributed by atoms with van der Waals surface area (Å²) < 4.78 is 49.0. The van der Waals surface area contributed by atoms with E-state index in [1.54, 1.807) is 17.7 Å². The zero-order chi connectivity index (χ0) is 25.7. The minimum atomic E-state index is -3.86. The van der Waals surface area contributed by atoms with Crippen LogP contribution in [0.3, 0.4) is 0 Å². The molecule has 12 heteroatoms. The molecule has 5 rings (SSSR count). The predicted octanol–water partition coefficient (Wildman–Crippen LogP) is 2.67. The number of sulfonamides is 1. The van der Waals surface area contributed by atoms with Gasteiger partial charge in [0.15, 0.2) is 15.5 Å². The van der Waals surface area contributed by atoms with Crippen LogP contribution in [0, 0.1) is 6.92 Å². The van der Waals surface area contributed by atoms with Crippen LogP contribution >= 0.6 is 0 Å². The Balaban J connectivity index is 1.62. The molecule has 0 aliphatic carbocycles. The summed E-state index contributed by atoms with van der Waals surface area (Å²) in [7, 11) is -7.03. The van der Waals surface area contributed by atoms with Crippen LogP contribution in [-0.4, -0.2) is 49.0 Å². The van der Waals surface area contributed by atoms with Crippen molar-refractivity contribution in [3.05, 3.63) is 71.9 Å². The minimum absolute atomic E-state index is 0.0294. The van der Waals surface area contributed by atoms with Crippen LogP contribution < -0.4 is 10.5 Å². The number of nitrogens with one attached hydrogen (secondary N) is 1. The molecule has 186 valence electrons. The van der Waals surface area contributed by atoms with Crippen molar-refractivity contribution in [3.63, 3.8) is 0 Å². The van der Waals surface area contributed by atoms with E-state index in [1.807, 2.05) is 30.3 Å². The van der Waals surface area contributed by atoms with Gasteiger partial charge in [0.05, 0.1) is 44.8 Å². The third kappa shape index (κ3) is 4.62. The van der Waals surface area contributed by atoms with Crippen molar-refractivity contribution in [2.45, 2.75) is 24.3 Å². The lowest BCUT2D eigenvalue weighted by atomic mass is 10.0. The van der Waals surface area contributed by atoms with Gasteiger partial charge in [-0.15, -0.1) is 0 Å². The van der Waals surface area contributed by atoms with Gasteiger partial charge in [0.2, 0.25) is 10.0 Å². The molecule has 1 aliphatic heterocycles. The molecule has 4 aromatic rings. The molecule has 2 aromatic heterocycles. The first-order valence-electron chi connectivity index (χ1n) is 11.1. The fraction of sp³-hybridized carbons (Fsp3) is 0.208. The number of aromatic nitrogens is 3. The fourth-order valence-corrected chi connectivity index (χ4v) is 6.61. The Morgan fingerprint density at radius 1 is 1.11 bits per heavy atom. The molecule has 0 bridgehead atoms.